The minimum Gasteiger partial charge on any atom is -0.269 e. The summed E-state index contributed by atoms with van der Waals surface area (Å²) < 4.78 is 265. The summed E-state index contributed by atoms with van der Waals surface area (Å²) in [4.78, 5) is 0. The first-order valence-electron chi connectivity index (χ1n) is 7.89. The summed E-state index contributed by atoms with van der Waals surface area (Å²) in [6.45, 7) is -5.00. The van der Waals surface area contributed by atoms with Crippen molar-refractivity contribution >= 4 is 20.2 Å². The van der Waals surface area contributed by atoms with E-state index in [1.54, 1.807) is 0 Å². The second kappa shape index (κ2) is 9.63. The van der Waals surface area contributed by atoms with Gasteiger partial charge in [-0.05, 0) is 6.42 Å². The fraction of sp³-hybridized carbons (Fsp3) is 1.00. The number of halogens is 18. The van der Waals surface area contributed by atoms with E-state index in [1.165, 1.54) is 0 Å². The van der Waals surface area contributed by atoms with Crippen LogP contribution >= 0.6 is 0 Å². The molecular weight excluding hydrogens is 634 g/mol. The molecule has 6 nitrogen and oxygen atoms in total. The molecular formula is C11H6F18O6S2. The molecule has 0 unspecified atom stereocenters. The van der Waals surface area contributed by atoms with Gasteiger partial charge in [0.1, 0.15) is 0 Å². The molecule has 0 aromatic rings. The Hall–Kier alpha value is -1.44. The van der Waals surface area contributed by atoms with E-state index in [0.29, 0.717) is 0 Å². The molecule has 0 atom stereocenters. The maximum Gasteiger partial charge on any atom is 0.428 e. The van der Waals surface area contributed by atoms with Gasteiger partial charge in [-0.1, -0.05) is 0 Å². The summed E-state index contributed by atoms with van der Waals surface area (Å²) in [5.74, 6) is 0. The van der Waals surface area contributed by atoms with Crippen LogP contribution in [0.5, 0.6) is 0 Å². The van der Waals surface area contributed by atoms with Crippen LogP contribution in [0.1, 0.15) is 6.42 Å². The first kappa shape index (κ1) is 35.6. The quantitative estimate of drug-likeness (QED) is 0.213. The predicted molar refractivity (Wildman–Crippen MR) is 76.2 cm³/mol. The first-order valence-corrected chi connectivity index (χ1v) is 10.7. The lowest BCUT2D eigenvalue weighted by Gasteiger charge is -2.37. The molecule has 0 radical (unpaired) electrons. The zero-order chi connectivity index (χ0) is 30.5. The number of hydrogen-bond acceptors (Lipinski definition) is 6. The third kappa shape index (κ3) is 5.65. The zero-order valence-electron chi connectivity index (χ0n) is 16.2. The summed E-state index contributed by atoms with van der Waals surface area (Å²) >= 11 is 0. The summed E-state index contributed by atoms with van der Waals surface area (Å²) in [6.07, 6.45) is -48.6. The van der Waals surface area contributed by atoms with Crippen LogP contribution in [0, 0.1) is 0 Å². The molecule has 0 heterocycles. The summed E-state index contributed by atoms with van der Waals surface area (Å²) in [7, 11) is -16.0. The van der Waals surface area contributed by atoms with Gasteiger partial charge in [0.2, 0.25) is 0 Å². The van der Waals surface area contributed by atoms with E-state index in [0.717, 1.165) is 0 Å². The van der Waals surface area contributed by atoms with Gasteiger partial charge in [-0.15, -0.1) is 0 Å². The first-order chi connectivity index (χ1) is 15.7. The average molecular weight is 640 g/mol. The van der Waals surface area contributed by atoms with Gasteiger partial charge >= 0.3 is 66.8 Å². The third-order valence-corrected chi connectivity index (χ3v) is 7.75. The molecule has 0 rings (SSSR count). The highest BCUT2D eigenvalue weighted by Gasteiger charge is 2.92. The lowest BCUT2D eigenvalue weighted by molar-refractivity contribution is -0.351. The van der Waals surface area contributed by atoms with Crippen LogP contribution in [0.15, 0.2) is 0 Å². The molecule has 0 aromatic heterocycles. The topological polar surface area (TPSA) is 86.7 Å². The number of hydrogen-bond donors (Lipinski definition) is 0. The third-order valence-electron chi connectivity index (χ3n) is 3.91. The second-order valence-corrected chi connectivity index (χ2v) is 9.77. The van der Waals surface area contributed by atoms with Crippen LogP contribution in [0.2, 0.25) is 0 Å². The van der Waals surface area contributed by atoms with Crippen LogP contribution in [0.25, 0.3) is 0 Å². The van der Waals surface area contributed by atoms with Crippen molar-refractivity contribution in [1.29, 1.82) is 0 Å². The Bertz CT molecular complexity index is 853. The van der Waals surface area contributed by atoms with E-state index in [-0.39, 0.29) is 0 Å². The molecule has 0 aliphatic carbocycles. The van der Waals surface area contributed by atoms with E-state index in [1.807, 2.05) is 0 Å². The van der Waals surface area contributed by atoms with E-state index in [2.05, 4.69) is 8.37 Å². The maximum atomic E-state index is 12.7. The minimum absolute atomic E-state index is 2.08. The molecule has 0 bridgehead atoms. The van der Waals surface area contributed by atoms with Crippen molar-refractivity contribution in [3.63, 3.8) is 0 Å². The molecule has 37 heavy (non-hydrogen) atoms. The smallest absolute Gasteiger partial charge is 0.269 e. The van der Waals surface area contributed by atoms with Gasteiger partial charge in [0.05, 0.1) is 13.2 Å². The Morgan fingerprint density at radius 1 is 0.378 bits per heavy atom. The van der Waals surface area contributed by atoms with Crippen LogP contribution in [0.3, 0.4) is 0 Å². The van der Waals surface area contributed by atoms with Crippen molar-refractivity contribution in [2.75, 3.05) is 13.2 Å². The highest BCUT2D eigenvalue weighted by molar-refractivity contribution is 7.88. The number of alkyl halides is 18. The standard InChI is InChI=1S/C11H6F18O6S2/c12-6(13,14)4(7(15,16)17,8(18,19)20)36(30,31)34-2-1-3-35-37(32,33)5(9(21,22)23,10(24,25)26)11(27,28)29/h1-3H2. The van der Waals surface area contributed by atoms with Gasteiger partial charge < -0.3 is 0 Å². The molecule has 0 aliphatic rings. The van der Waals surface area contributed by atoms with Gasteiger partial charge in [0.25, 0.3) is 0 Å². The Labute approximate surface area is 191 Å². The van der Waals surface area contributed by atoms with E-state index >= 15 is 0 Å². The molecule has 0 amide bonds. The largest absolute Gasteiger partial charge is 0.428 e. The highest BCUT2D eigenvalue weighted by Crippen LogP contribution is 2.59. The molecule has 0 spiro atoms. The summed E-state index contributed by atoms with van der Waals surface area (Å²) in [6, 6.07) is 0. The van der Waals surface area contributed by atoms with Crippen molar-refractivity contribution in [2.24, 2.45) is 0 Å². The van der Waals surface area contributed by atoms with Crippen molar-refractivity contribution in [1.82, 2.24) is 0 Å². The zero-order valence-corrected chi connectivity index (χ0v) is 17.8. The van der Waals surface area contributed by atoms with Crippen LogP contribution in [-0.2, 0) is 28.6 Å². The molecule has 0 aliphatic heterocycles. The Kier molecular flexibility index (Phi) is 9.26. The van der Waals surface area contributed by atoms with Gasteiger partial charge in [-0.25, -0.2) is 0 Å². The Balaban J connectivity index is 6.15. The van der Waals surface area contributed by atoms with Crippen molar-refractivity contribution in [3.8, 4) is 0 Å². The van der Waals surface area contributed by atoms with E-state index < -0.39 is 86.4 Å². The van der Waals surface area contributed by atoms with Crippen molar-refractivity contribution in [3.05, 3.63) is 0 Å². The maximum absolute atomic E-state index is 12.7. The van der Waals surface area contributed by atoms with Crippen molar-refractivity contribution in [2.45, 2.75) is 53.0 Å². The molecule has 0 saturated carbocycles. The molecule has 0 N–H and O–H groups in total. The van der Waals surface area contributed by atoms with Crippen LogP contribution < -0.4 is 0 Å². The molecule has 26 heteroatoms. The predicted octanol–water partition coefficient (Wildman–Crippen LogP) is 4.92. The van der Waals surface area contributed by atoms with Crippen LogP contribution in [-0.4, -0.2) is 76.6 Å². The highest BCUT2D eigenvalue weighted by atomic mass is 32.2. The van der Waals surface area contributed by atoms with Gasteiger partial charge in [0.15, 0.2) is 0 Å². The molecule has 0 aromatic carbocycles. The minimum atomic E-state index is -7.99. The Morgan fingerprint density at radius 3 is 0.676 bits per heavy atom. The fourth-order valence-corrected chi connectivity index (χ4v) is 5.12. The normalized spacial score (nSPS) is 16.3. The van der Waals surface area contributed by atoms with E-state index in [4.69, 9.17) is 0 Å². The lowest BCUT2D eigenvalue weighted by Crippen LogP contribution is -2.70. The second-order valence-electron chi connectivity index (χ2n) is 6.25. The number of rotatable bonds is 8. The molecule has 0 saturated heterocycles. The lowest BCUT2D eigenvalue weighted by atomic mass is 10.1. The Morgan fingerprint density at radius 2 is 0.541 bits per heavy atom. The monoisotopic (exact) mass is 640 g/mol. The average Bonchev–Trinajstić information content (AvgIpc) is 2.44. The fourth-order valence-electron chi connectivity index (χ4n) is 2.39. The van der Waals surface area contributed by atoms with Gasteiger partial charge in [-0.3, -0.25) is 8.37 Å². The summed E-state index contributed by atoms with van der Waals surface area (Å²) in [5, 5.41) is 0. The van der Waals surface area contributed by atoms with Crippen LogP contribution in [0.4, 0.5) is 79.0 Å². The molecule has 224 valence electrons. The SMILES string of the molecule is O=S(=O)(OCCCOS(=O)(=O)C(C(F)(F)F)(C(F)(F)F)C(F)(F)F)C(C(F)(F)F)(C(F)(F)F)C(F)(F)F. The summed E-state index contributed by atoms with van der Waals surface area (Å²) in [5.41, 5.74) is 0. The van der Waals surface area contributed by atoms with E-state index in [9.17, 15) is 95.9 Å². The van der Waals surface area contributed by atoms with Crippen molar-refractivity contribution < 1.29 is 104 Å². The van der Waals surface area contributed by atoms with Gasteiger partial charge in [0, 0.05) is 0 Å². The van der Waals surface area contributed by atoms with Gasteiger partial charge in [-0.2, -0.15) is 95.9 Å². The molecule has 0 fully saturated rings.